The van der Waals surface area contributed by atoms with Crippen molar-refractivity contribution in [1.82, 2.24) is 9.38 Å². The third kappa shape index (κ3) is 2.52. The Bertz CT molecular complexity index is 703. The zero-order valence-corrected chi connectivity index (χ0v) is 11.9. The van der Waals surface area contributed by atoms with Crippen molar-refractivity contribution in [1.29, 1.82) is 0 Å². The number of rotatable bonds is 2. The van der Waals surface area contributed by atoms with Crippen LogP contribution in [0.4, 0.5) is 0 Å². The number of aromatic nitrogens is 2. The molecule has 1 saturated heterocycles. The van der Waals surface area contributed by atoms with Crippen LogP contribution in [0.15, 0.2) is 24.5 Å². The lowest BCUT2D eigenvalue weighted by Gasteiger charge is -2.21. The molecule has 3 heterocycles. The number of aryl methyl sites for hydroxylation is 1. The number of sulfone groups is 1. The van der Waals surface area contributed by atoms with Crippen LogP contribution in [0, 0.1) is 6.92 Å². The monoisotopic (exact) mass is 278 g/mol. The van der Waals surface area contributed by atoms with Gasteiger partial charge in [0.15, 0.2) is 9.84 Å². The highest BCUT2D eigenvalue weighted by molar-refractivity contribution is 7.92. The van der Waals surface area contributed by atoms with Crippen molar-refractivity contribution in [3.63, 3.8) is 0 Å². The summed E-state index contributed by atoms with van der Waals surface area (Å²) in [5.41, 5.74) is 2.93. The van der Waals surface area contributed by atoms with E-state index in [1.54, 1.807) is 0 Å². The Hall–Kier alpha value is -1.36. The molecule has 2 aromatic heterocycles. The second kappa shape index (κ2) is 4.63. The second-order valence-corrected chi connectivity index (χ2v) is 7.79. The van der Waals surface area contributed by atoms with Gasteiger partial charge < -0.3 is 4.40 Å². The van der Waals surface area contributed by atoms with Crippen LogP contribution in [-0.2, 0) is 16.3 Å². The number of hydrogen-bond donors (Lipinski definition) is 0. The van der Waals surface area contributed by atoms with Crippen molar-refractivity contribution in [2.45, 2.75) is 37.9 Å². The van der Waals surface area contributed by atoms with Crippen molar-refractivity contribution in [2.24, 2.45) is 0 Å². The zero-order chi connectivity index (χ0) is 13.5. The molecule has 1 atom stereocenters. The number of imidazole rings is 1. The van der Waals surface area contributed by atoms with Gasteiger partial charge in [0.25, 0.3) is 0 Å². The van der Waals surface area contributed by atoms with Crippen LogP contribution in [0.2, 0.25) is 0 Å². The van der Waals surface area contributed by atoms with Gasteiger partial charge in [-0.1, -0.05) is 12.5 Å². The molecule has 5 heteroatoms. The van der Waals surface area contributed by atoms with Gasteiger partial charge in [0.1, 0.15) is 5.65 Å². The molecule has 3 rings (SSSR count). The molecule has 102 valence electrons. The fourth-order valence-electron chi connectivity index (χ4n) is 2.74. The minimum absolute atomic E-state index is 0.243. The Morgan fingerprint density at radius 3 is 2.95 bits per heavy atom. The molecule has 0 aliphatic carbocycles. The summed E-state index contributed by atoms with van der Waals surface area (Å²) in [5.74, 6) is 0.337. The molecule has 0 spiro atoms. The van der Waals surface area contributed by atoms with E-state index in [2.05, 4.69) is 4.98 Å². The second-order valence-electron chi connectivity index (χ2n) is 5.39. The maximum atomic E-state index is 12.0. The first-order valence-corrected chi connectivity index (χ1v) is 8.42. The summed E-state index contributed by atoms with van der Waals surface area (Å²) < 4.78 is 26.0. The molecule has 2 aromatic rings. The molecule has 0 amide bonds. The molecule has 1 fully saturated rings. The van der Waals surface area contributed by atoms with Crippen LogP contribution in [-0.4, -0.2) is 28.8 Å². The summed E-state index contributed by atoms with van der Waals surface area (Å²) in [4.78, 5) is 4.51. The van der Waals surface area contributed by atoms with Crippen molar-refractivity contribution in [3.8, 4) is 0 Å². The van der Waals surface area contributed by atoms with E-state index in [-0.39, 0.29) is 5.25 Å². The molecule has 0 bridgehead atoms. The quantitative estimate of drug-likeness (QED) is 0.846. The minimum atomic E-state index is -2.92. The Kier molecular flexibility index (Phi) is 3.09. The predicted molar refractivity (Wildman–Crippen MR) is 75.1 cm³/mol. The third-order valence-corrected chi connectivity index (χ3v) is 6.07. The lowest BCUT2D eigenvalue weighted by atomic mass is 10.1. The SMILES string of the molecule is Cc1ccc2nc(CC3CCCCS3(=O)=O)cn2c1. The largest absolute Gasteiger partial charge is 0.307 e. The standard InChI is InChI=1S/C14H18N2O2S/c1-11-5-6-14-15-12(10-16(14)9-11)8-13-4-2-3-7-19(13,17)18/h5-6,9-10,13H,2-4,7-8H2,1H3. The molecule has 1 aliphatic rings. The van der Waals surface area contributed by atoms with E-state index in [4.69, 9.17) is 0 Å². The Labute approximate surface area is 113 Å². The summed E-state index contributed by atoms with van der Waals surface area (Å²) >= 11 is 0. The van der Waals surface area contributed by atoms with Gasteiger partial charge in [-0.2, -0.15) is 0 Å². The zero-order valence-electron chi connectivity index (χ0n) is 11.0. The van der Waals surface area contributed by atoms with E-state index in [1.807, 2.05) is 35.9 Å². The molecule has 1 aliphatic heterocycles. The van der Waals surface area contributed by atoms with Crippen molar-refractivity contribution in [2.75, 3.05) is 5.75 Å². The highest BCUT2D eigenvalue weighted by atomic mass is 32.2. The van der Waals surface area contributed by atoms with Crippen LogP contribution in [0.1, 0.15) is 30.5 Å². The summed E-state index contributed by atoms with van der Waals surface area (Å²) in [5, 5.41) is -0.243. The fraction of sp³-hybridized carbons (Fsp3) is 0.500. The summed E-state index contributed by atoms with van der Waals surface area (Å²) in [6.45, 7) is 2.03. The fourth-order valence-corrected chi connectivity index (χ4v) is 4.63. The molecule has 19 heavy (non-hydrogen) atoms. The molecule has 0 radical (unpaired) electrons. The van der Waals surface area contributed by atoms with Gasteiger partial charge >= 0.3 is 0 Å². The van der Waals surface area contributed by atoms with Crippen LogP contribution < -0.4 is 0 Å². The number of nitrogens with zero attached hydrogens (tertiary/aromatic N) is 2. The van der Waals surface area contributed by atoms with Gasteiger partial charge in [0.2, 0.25) is 0 Å². The van der Waals surface area contributed by atoms with Gasteiger partial charge in [-0.3, -0.25) is 0 Å². The lowest BCUT2D eigenvalue weighted by Crippen LogP contribution is -2.30. The normalized spacial score (nSPS) is 22.7. The van der Waals surface area contributed by atoms with Crippen LogP contribution in [0.25, 0.3) is 5.65 Å². The topological polar surface area (TPSA) is 51.4 Å². The lowest BCUT2D eigenvalue weighted by molar-refractivity contribution is 0.536. The van der Waals surface area contributed by atoms with Gasteiger partial charge in [0, 0.05) is 18.8 Å². The predicted octanol–water partition coefficient (Wildman–Crippen LogP) is 2.15. The number of fused-ring (bicyclic) bond motifs is 1. The van der Waals surface area contributed by atoms with Crippen LogP contribution >= 0.6 is 0 Å². The van der Waals surface area contributed by atoms with E-state index in [0.29, 0.717) is 12.2 Å². The van der Waals surface area contributed by atoms with Gasteiger partial charge in [-0.25, -0.2) is 13.4 Å². The van der Waals surface area contributed by atoms with Crippen molar-refractivity contribution < 1.29 is 8.42 Å². The van der Waals surface area contributed by atoms with E-state index < -0.39 is 9.84 Å². The molecule has 4 nitrogen and oxygen atoms in total. The van der Waals surface area contributed by atoms with E-state index in [9.17, 15) is 8.42 Å². The van der Waals surface area contributed by atoms with Gasteiger partial charge in [-0.15, -0.1) is 0 Å². The average molecular weight is 278 g/mol. The van der Waals surface area contributed by atoms with Crippen LogP contribution in [0.5, 0.6) is 0 Å². The minimum Gasteiger partial charge on any atom is -0.307 e. The Balaban J connectivity index is 1.88. The van der Waals surface area contributed by atoms with E-state index in [0.717, 1.165) is 30.6 Å². The third-order valence-electron chi connectivity index (χ3n) is 3.80. The molecular weight excluding hydrogens is 260 g/mol. The van der Waals surface area contributed by atoms with E-state index >= 15 is 0 Å². The first-order chi connectivity index (χ1) is 9.04. The van der Waals surface area contributed by atoms with Gasteiger partial charge in [-0.05, 0) is 31.4 Å². The Morgan fingerprint density at radius 1 is 1.32 bits per heavy atom. The smallest absolute Gasteiger partial charge is 0.153 e. The van der Waals surface area contributed by atoms with Crippen molar-refractivity contribution >= 4 is 15.5 Å². The average Bonchev–Trinajstić information content (AvgIpc) is 2.73. The summed E-state index contributed by atoms with van der Waals surface area (Å²) in [6.07, 6.45) is 7.10. The summed E-state index contributed by atoms with van der Waals surface area (Å²) in [6, 6.07) is 3.98. The highest BCUT2D eigenvalue weighted by Gasteiger charge is 2.29. The summed E-state index contributed by atoms with van der Waals surface area (Å²) in [7, 11) is -2.92. The molecule has 0 N–H and O–H groups in total. The highest BCUT2D eigenvalue weighted by Crippen LogP contribution is 2.23. The first-order valence-electron chi connectivity index (χ1n) is 6.70. The van der Waals surface area contributed by atoms with Gasteiger partial charge in [0.05, 0.1) is 16.7 Å². The maximum Gasteiger partial charge on any atom is 0.153 e. The molecule has 0 aromatic carbocycles. The molecule has 0 saturated carbocycles. The maximum absolute atomic E-state index is 12.0. The van der Waals surface area contributed by atoms with Crippen LogP contribution in [0.3, 0.4) is 0 Å². The Morgan fingerprint density at radius 2 is 2.16 bits per heavy atom. The van der Waals surface area contributed by atoms with Crippen molar-refractivity contribution in [3.05, 3.63) is 35.8 Å². The number of hydrogen-bond acceptors (Lipinski definition) is 3. The molecular formula is C14H18N2O2S. The first kappa shape index (κ1) is 12.7. The van der Waals surface area contributed by atoms with E-state index in [1.165, 1.54) is 5.56 Å². The molecule has 1 unspecified atom stereocenters. The number of pyridine rings is 1.